The molecule has 4 heterocycles. The molecule has 0 aliphatic heterocycles. The summed E-state index contributed by atoms with van der Waals surface area (Å²) in [4.78, 5) is 25.8. The molecule has 5 rings (SSSR count). The van der Waals surface area contributed by atoms with Gasteiger partial charge in [-0.25, -0.2) is 9.97 Å². The van der Waals surface area contributed by atoms with E-state index in [1.54, 1.807) is 29.3 Å². The molecule has 0 radical (unpaired) electrons. The molecule has 9 heteroatoms. The number of carbonyl (C=O) groups is 1. The predicted octanol–water partition coefficient (Wildman–Crippen LogP) is 2.28. The van der Waals surface area contributed by atoms with E-state index < -0.39 is 0 Å². The number of aryl methyl sites for hydroxylation is 1. The Morgan fingerprint density at radius 2 is 2.19 bits per heavy atom. The second kappa shape index (κ2) is 8.01. The van der Waals surface area contributed by atoms with Crippen molar-refractivity contribution in [3.8, 4) is 11.3 Å². The number of hydrogen-bond acceptors (Lipinski definition) is 7. The van der Waals surface area contributed by atoms with Gasteiger partial charge in [-0.1, -0.05) is 0 Å². The van der Waals surface area contributed by atoms with E-state index in [0.717, 1.165) is 28.5 Å². The molecule has 1 aliphatic carbocycles. The first-order valence-electron chi connectivity index (χ1n) is 10.4. The van der Waals surface area contributed by atoms with Gasteiger partial charge in [-0.3, -0.25) is 14.5 Å². The second-order valence-electron chi connectivity index (χ2n) is 8.08. The number of nitrogen functional groups attached to an aromatic ring is 1. The lowest BCUT2D eigenvalue weighted by molar-refractivity contribution is -0.117. The first-order chi connectivity index (χ1) is 15.5. The van der Waals surface area contributed by atoms with E-state index in [-0.39, 0.29) is 24.3 Å². The first kappa shape index (κ1) is 20.1. The van der Waals surface area contributed by atoms with Crippen molar-refractivity contribution in [2.45, 2.75) is 18.8 Å². The van der Waals surface area contributed by atoms with Crippen molar-refractivity contribution in [3.05, 3.63) is 60.3 Å². The number of aliphatic hydroxyl groups is 1. The van der Waals surface area contributed by atoms with E-state index in [9.17, 15) is 9.90 Å². The highest BCUT2D eigenvalue weighted by Gasteiger charge is 2.44. The maximum Gasteiger partial charge on any atom is 0.229 e. The Labute approximate surface area is 184 Å². The van der Waals surface area contributed by atoms with Crippen LogP contribution in [0.2, 0.25) is 0 Å². The van der Waals surface area contributed by atoms with E-state index in [1.165, 1.54) is 0 Å². The van der Waals surface area contributed by atoms with Gasteiger partial charge in [0.05, 0.1) is 11.9 Å². The molecule has 0 aromatic carbocycles. The van der Waals surface area contributed by atoms with Crippen molar-refractivity contribution in [3.63, 3.8) is 0 Å². The Balaban J connectivity index is 1.41. The van der Waals surface area contributed by atoms with Gasteiger partial charge < -0.3 is 16.2 Å². The van der Waals surface area contributed by atoms with Crippen LogP contribution in [0.15, 0.2) is 49.2 Å². The Bertz CT molecular complexity index is 1320. The summed E-state index contributed by atoms with van der Waals surface area (Å²) < 4.78 is 1.75. The van der Waals surface area contributed by atoms with Crippen molar-refractivity contribution < 1.29 is 9.90 Å². The number of hydrogen-bond donors (Lipinski definition) is 3. The molecule has 4 aromatic heterocycles. The summed E-state index contributed by atoms with van der Waals surface area (Å²) >= 11 is 0. The van der Waals surface area contributed by atoms with Crippen LogP contribution in [0.4, 0.5) is 11.6 Å². The number of nitrogens with two attached hydrogens (primary N) is 1. The van der Waals surface area contributed by atoms with Gasteiger partial charge >= 0.3 is 0 Å². The van der Waals surface area contributed by atoms with Crippen LogP contribution in [0.5, 0.6) is 0 Å². The maximum atomic E-state index is 12.7. The summed E-state index contributed by atoms with van der Waals surface area (Å²) in [7, 11) is 1.87. The first-order valence-corrected chi connectivity index (χ1v) is 10.4. The third-order valence-electron chi connectivity index (χ3n) is 5.84. The number of carbonyl (C=O) groups excluding carboxylic acids is 1. The number of rotatable bonds is 6. The summed E-state index contributed by atoms with van der Waals surface area (Å²) in [6.45, 7) is 0.0291. The average molecular weight is 429 g/mol. The molecule has 1 aliphatic rings. The molecular formula is C23H23N7O2. The lowest BCUT2D eigenvalue weighted by Gasteiger charge is -2.11. The van der Waals surface area contributed by atoms with E-state index in [2.05, 4.69) is 25.4 Å². The standard InChI is InChI=1S/C23H23N7O2/c1-30-12-15(9-27-30)16-8-17(16)23(32)29-21-7-14-6-20(28-22(24)19(14)11-26-21)18-10-25-4-2-13(18)3-5-31/h2,4,6-7,9-12,16-17,31H,3,5,8H2,1H3,(H2,24,28)(H,26,29,32)/t16-,17+/m1/s1. The van der Waals surface area contributed by atoms with Gasteiger partial charge in [0.25, 0.3) is 0 Å². The molecule has 0 unspecified atom stereocenters. The summed E-state index contributed by atoms with van der Waals surface area (Å²) in [5.74, 6) is 0.890. The van der Waals surface area contributed by atoms with E-state index in [0.29, 0.717) is 29.1 Å². The number of fused-ring (bicyclic) bond motifs is 1. The second-order valence-corrected chi connectivity index (χ2v) is 8.08. The molecule has 0 bridgehead atoms. The lowest BCUT2D eigenvalue weighted by Crippen LogP contribution is -2.15. The largest absolute Gasteiger partial charge is 0.396 e. The van der Waals surface area contributed by atoms with Crippen molar-refractivity contribution in [1.82, 2.24) is 24.7 Å². The molecule has 4 aromatic rings. The van der Waals surface area contributed by atoms with Crippen molar-refractivity contribution >= 4 is 28.3 Å². The Morgan fingerprint density at radius 3 is 2.97 bits per heavy atom. The molecule has 4 N–H and O–H groups in total. The molecule has 2 atom stereocenters. The van der Waals surface area contributed by atoms with Crippen LogP contribution in [0, 0.1) is 5.92 Å². The fourth-order valence-electron chi connectivity index (χ4n) is 4.08. The summed E-state index contributed by atoms with van der Waals surface area (Å²) in [6.07, 6.45) is 10.1. The molecule has 1 amide bonds. The molecule has 1 fully saturated rings. The topological polar surface area (TPSA) is 132 Å². The third kappa shape index (κ3) is 3.78. The number of nitrogens with one attached hydrogen (secondary N) is 1. The van der Waals surface area contributed by atoms with Crippen LogP contribution in [0.25, 0.3) is 22.0 Å². The Morgan fingerprint density at radius 1 is 1.31 bits per heavy atom. The van der Waals surface area contributed by atoms with Crippen LogP contribution in [0.1, 0.15) is 23.5 Å². The molecule has 1 saturated carbocycles. The van der Waals surface area contributed by atoms with Crippen LogP contribution >= 0.6 is 0 Å². The minimum absolute atomic E-state index is 0.0291. The average Bonchev–Trinajstić information content (AvgIpc) is 3.47. The number of aliphatic hydroxyl groups excluding tert-OH is 1. The fourth-order valence-corrected chi connectivity index (χ4v) is 4.08. The Kier molecular flexibility index (Phi) is 5.02. The lowest BCUT2D eigenvalue weighted by atomic mass is 10.0. The third-order valence-corrected chi connectivity index (χ3v) is 5.84. The molecule has 0 saturated heterocycles. The van der Waals surface area contributed by atoms with E-state index in [1.807, 2.05) is 31.6 Å². The Hall–Kier alpha value is -3.85. The smallest absolute Gasteiger partial charge is 0.229 e. The van der Waals surface area contributed by atoms with Gasteiger partial charge in [-0.15, -0.1) is 0 Å². The number of amides is 1. The van der Waals surface area contributed by atoms with Crippen LogP contribution in [0.3, 0.4) is 0 Å². The predicted molar refractivity (Wildman–Crippen MR) is 121 cm³/mol. The number of aromatic nitrogens is 5. The van der Waals surface area contributed by atoms with Gasteiger partial charge in [-0.05, 0) is 53.5 Å². The van der Waals surface area contributed by atoms with Crippen molar-refractivity contribution in [2.24, 2.45) is 13.0 Å². The summed E-state index contributed by atoms with van der Waals surface area (Å²) in [5, 5.41) is 18.0. The number of anilines is 2. The highest BCUT2D eigenvalue weighted by atomic mass is 16.3. The van der Waals surface area contributed by atoms with Gasteiger partial charge in [-0.2, -0.15) is 5.10 Å². The quantitative estimate of drug-likeness (QED) is 0.428. The zero-order valence-electron chi connectivity index (χ0n) is 17.6. The number of pyridine rings is 3. The fraction of sp³-hybridized carbons (Fsp3) is 0.261. The van der Waals surface area contributed by atoms with Gasteiger partial charge in [0.15, 0.2) is 0 Å². The zero-order chi connectivity index (χ0) is 22.2. The van der Waals surface area contributed by atoms with E-state index >= 15 is 0 Å². The van der Waals surface area contributed by atoms with Crippen LogP contribution in [-0.2, 0) is 18.3 Å². The van der Waals surface area contributed by atoms with Gasteiger partial charge in [0.1, 0.15) is 11.6 Å². The van der Waals surface area contributed by atoms with Gasteiger partial charge in [0.2, 0.25) is 5.91 Å². The molecule has 162 valence electrons. The molecule has 9 nitrogen and oxygen atoms in total. The normalized spacial score (nSPS) is 17.4. The zero-order valence-corrected chi connectivity index (χ0v) is 17.6. The van der Waals surface area contributed by atoms with Crippen LogP contribution < -0.4 is 11.1 Å². The SMILES string of the molecule is Cn1cc([C@H]2C[C@@H]2C(=O)Nc2cc3cc(-c4cnccc4CCO)nc(N)c3cn2)cn1. The van der Waals surface area contributed by atoms with Crippen molar-refractivity contribution in [1.29, 1.82) is 0 Å². The summed E-state index contributed by atoms with van der Waals surface area (Å²) in [6, 6.07) is 5.56. The van der Waals surface area contributed by atoms with Crippen molar-refractivity contribution in [2.75, 3.05) is 17.7 Å². The molecular weight excluding hydrogens is 406 g/mol. The highest BCUT2D eigenvalue weighted by molar-refractivity contribution is 5.98. The van der Waals surface area contributed by atoms with Gasteiger partial charge in [0, 0.05) is 55.3 Å². The van der Waals surface area contributed by atoms with E-state index in [4.69, 9.17) is 5.73 Å². The maximum absolute atomic E-state index is 12.7. The highest BCUT2D eigenvalue weighted by Crippen LogP contribution is 2.47. The molecule has 32 heavy (non-hydrogen) atoms. The van der Waals surface area contributed by atoms with Crippen LogP contribution in [-0.4, -0.2) is 42.4 Å². The summed E-state index contributed by atoms with van der Waals surface area (Å²) in [5.41, 5.74) is 9.69. The minimum atomic E-state index is -0.0776. The number of nitrogens with zero attached hydrogens (tertiary/aromatic N) is 5. The molecule has 0 spiro atoms. The monoisotopic (exact) mass is 429 g/mol. The minimum Gasteiger partial charge on any atom is -0.396 e.